The lowest BCUT2D eigenvalue weighted by molar-refractivity contribution is 0.474. The van der Waals surface area contributed by atoms with Crippen molar-refractivity contribution in [3.63, 3.8) is 0 Å². The fourth-order valence-electron chi connectivity index (χ4n) is 1.29. The Bertz CT molecular complexity index is 324. The molecule has 0 fully saturated rings. The highest BCUT2D eigenvalue weighted by Gasteiger charge is 2.18. The number of phenolic OH excluding ortho intramolecular Hbond substituents is 1. The quantitative estimate of drug-likeness (QED) is 0.613. The predicted molar refractivity (Wildman–Crippen MR) is 89.3 cm³/mol. The van der Waals surface area contributed by atoms with Crippen LogP contribution < -0.4 is 0 Å². The summed E-state index contributed by atoms with van der Waals surface area (Å²) >= 11 is 0. The van der Waals surface area contributed by atoms with Gasteiger partial charge in [0.05, 0.1) is 0 Å². The standard InChI is InChI=1S/C8H10O.B9/c1-2-7-4-3-5-8(9)6-7;1-6-9(7(2)3)8(4)5/h3-6,9H,2H2,1H3;. The maximum atomic E-state index is 8.94. The van der Waals surface area contributed by atoms with Crippen LogP contribution in [0.4, 0.5) is 0 Å². The van der Waals surface area contributed by atoms with Crippen LogP contribution in [0.15, 0.2) is 24.3 Å². The van der Waals surface area contributed by atoms with E-state index in [1.165, 1.54) is 12.6 Å². The first-order valence-corrected chi connectivity index (χ1v) is 5.77. The third-order valence-electron chi connectivity index (χ3n) is 2.43. The minimum Gasteiger partial charge on any atom is -0.508 e. The normalized spacial score (nSPS) is 8.72. The molecule has 0 heterocycles. The predicted octanol–water partition coefficient (Wildman–Crippen LogP) is -1.47. The van der Waals surface area contributed by atoms with Crippen LogP contribution in [0.2, 0.25) is 0 Å². The van der Waals surface area contributed by atoms with Crippen LogP contribution >= 0.6 is 0 Å². The lowest BCUT2D eigenvalue weighted by Crippen LogP contribution is -2.55. The highest BCUT2D eigenvalue weighted by atomic mass is 16.3. The summed E-state index contributed by atoms with van der Waals surface area (Å²) in [6, 6.07) is 7.31. The van der Waals surface area contributed by atoms with Crippen molar-refractivity contribution in [2.24, 2.45) is 0 Å². The van der Waals surface area contributed by atoms with Gasteiger partial charge in [0.1, 0.15) is 5.75 Å². The Morgan fingerprint density at radius 1 is 1.17 bits per heavy atom. The molecule has 1 rings (SSSR count). The summed E-state index contributed by atoms with van der Waals surface area (Å²) in [6.45, 7) is 2.06. The molecule has 0 saturated heterocycles. The fourth-order valence-corrected chi connectivity index (χ4v) is 1.29. The Morgan fingerprint density at radius 2 is 1.72 bits per heavy atom. The van der Waals surface area contributed by atoms with E-state index in [1.807, 2.05) is 12.1 Å². The Hall–Kier alpha value is -0.396. The van der Waals surface area contributed by atoms with Gasteiger partial charge in [0.2, 0.25) is 0 Å². The van der Waals surface area contributed by atoms with Crippen molar-refractivity contribution < 1.29 is 5.11 Å². The average Bonchev–Trinajstić information content (AvgIpc) is 2.29. The maximum absolute atomic E-state index is 8.94. The van der Waals surface area contributed by atoms with Gasteiger partial charge in [0.25, 0.3) is 0 Å². The molecular formula is C8H10B9O. The summed E-state index contributed by atoms with van der Waals surface area (Å²) in [6.07, 6.45) is -0.482. The van der Waals surface area contributed by atoms with Crippen molar-refractivity contribution in [2.45, 2.75) is 13.3 Å². The molecule has 1 aromatic carbocycles. The molecular weight excluding hydrogens is 209 g/mol. The van der Waals surface area contributed by atoms with E-state index in [1.54, 1.807) is 12.1 Å². The minimum absolute atomic E-state index is 0.315. The molecule has 0 atom stereocenters. The smallest absolute Gasteiger partial charge is 0.115 e. The molecule has 0 saturated carbocycles. The third-order valence-corrected chi connectivity index (χ3v) is 2.43. The van der Waals surface area contributed by atoms with Crippen molar-refractivity contribution in [2.75, 3.05) is 0 Å². The van der Waals surface area contributed by atoms with Gasteiger partial charge in [-0.25, -0.2) is 0 Å². The average molecular weight is 219 g/mol. The molecule has 0 aromatic heterocycles. The Labute approximate surface area is 119 Å². The number of rotatable bonds is 4. The minimum atomic E-state index is -0.574. The molecule has 0 aliphatic carbocycles. The first-order chi connectivity index (χ1) is 8.42. The van der Waals surface area contributed by atoms with Crippen LogP contribution in [-0.4, -0.2) is 70.0 Å². The number of aryl methyl sites for hydroxylation is 1. The lowest BCUT2D eigenvalue weighted by Gasteiger charge is -2.17. The molecule has 0 aliphatic rings. The van der Waals surface area contributed by atoms with Crippen LogP contribution in [0.3, 0.4) is 0 Å². The number of benzene rings is 1. The van der Waals surface area contributed by atoms with Gasteiger partial charge in [-0.15, -0.1) is 0 Å². The second kappa shape index (κ2) is 9.52. The molecule has 0 bridgehead atoms. The maximum Gasteiger partial charge on any atom is 0.115 e. The lowest BCUT2D eigenvalue weighted by atomic mass is 8.64. The van der Waals surface area contributed by atoms with Crippen molar-refractivity contribution in [3.05, 3.63) is 29.8 Å². The SMILES string of the molecule is CCc1cccc(O)c1.[B][B]B(B([B])[B])B([B])[B]. The van der Waals surface area contributed by atoms with Crippen LogP contribution in [0.5, 0.6) is 5.75 Å². The molecule has 0 spiro atoms. The van der Waals surface area contributed by atoms with E-state index in [9.17, 15) is 0 Å². The van der Waals surface area contributed by atoms with E-state index >= 15 is 0 Å². The molecule has 18 heavy (non-hydrogen) atoms. The van der Waals surface area contributed by atoms with E-state index in [-0.39, 0.29) is 6.39 Å². The second-order valence-electron chi connectivity index (χ2n) is 3.95. The summed E-state index contributed by atoms with van der Waals surface area (Å²) in [5, 5.41) is 8.94. The van der Waals surface area contributed by atoms with Gasteiger partial charge in [-0.2, -0.15) is 0 Å². The third kappa shape index (κ3) is 7.13. The molecule has 1 N–H and O–H groups in total. The first-order valence-electron chi connectivity index (χ1n) is 5.77. The van der Waals surface area contributed by atoms with Crippen molar-refractivity contribution in [1.82, 2.24) is 0 Å². The molecule has 11 radical (unpaired) electrons. The molecule has 1 nitrogen and oxygen atoms in total. The van der Waals surface area contributed by atoms with Gasteiger partial charge in [0, 0.05) is 64.9 Å². The second-order valence-corrected chi connectivity index (χ2v) is 3.95. The largest absolute Gasteiger partial charge is 0.508 e. The van der Waals surface area contributed by atoms with Gasteiger partial charge >= 0.3 is 0 Å². The first kappa shape index (κ1) is 17.6. The van der Waals surface area contributed by atoms with E-state index in [0.29, 0.717) is 5.75 Å². The number of hydrogen-bond donors (Lipinski definition) is 1. The molecule has 10 heteroatoms. The van der Waals surface area contributed by atoms with E-state index in [2.05, 4.69) is 6.92 Å². The summed E-state index contributed by atoms with van der Waals surface area (Å²) in [7, 11) is 27.5. The van der Waals surface area contributed by atoms with Crippen LogP contribution in [0, 0.1) is 0 Å². The molecule has 0 amide bonds. The van der Waals surface area contributed by atoms with E-state index in [0.717, 1.165) is 6.42 Å². The van der Waals surface area contributed by atoms with Crippen LogP contribution in [0.25, 0.3) is 0 Å². The van der Waals surface area contributed by atoms with Crippen molar-refractivity contribution >= 4 is 64.9 Å². The van der Waals surface area contributed by atoms with Gasteiger partial charge in [-0.3, -0.25) is 0 Å². The van der Waals surface area contributed by atoms with Gasteiger partial charge < -0.3 is 5.11 Å². The van der Waals surface area contributed by atoms with Gasteiger partial charge in [-0.05, 0) is 24.1 Å². The molecule has 75 valence electrons. The Kier molecular flexibility index (Phi) is 9.31. The number of aromatic hydroxyl groups is 1. The molecule has 0 unspecified atom stereocenters. The zero-order valence-corrected chi connectivity index (χ0v) is 10.7. The van der Waals surface area contributed by atoms with Crippen LogP contribution in [-0.2, 0) is 6.42 Å². The van der Waals surface area contributed by atoms with Gasteiger partial charge in [-0.1, -0.05) is 19.1 Å². The topological polar surface area (TPSA) is 20.2 Å². The zero-order valence-electron chi connectivity index (χ0n) is 10.7. The van der Waals surface area contributed by atoms with E-state index in [4.69, 9.17) is 43.8 Å². The zero-order chi connectivity index (χ0) is 14.1. The number of hydrogen-bond acceptors (Lipinski definition) is 1. The van der Waals surface area contributed by atoms with Crippen molar-refractivity contribution in [1.29, 1.82) is 0 Å². The van der Waals surface area contributed by atoms with Crippen LogP contribution in [0.1, 0.15) is 12.5 Å². The highest BCUT2D eigenvalue weighted by molar-refractivity contribution is 7.93. The molecule has 1 aromatic rings. The molecule has 0 aliphatic heterocycles. The van der Waals surface area contributed by atoms with E-state index < -0.39 is 12.8 Å². The monoisotopic (exact) mass is 221 g/mol. The summed E-state index contributed by atoms with van der Waals surface area (Å²) in [5.41, 5.74) is 1.18. The highest BCUT2D eigenvalue weighted by Crippen LogP contribution is 2.10. The summed E-state index contributed by atoms with van der Waals surface area (Å²) in [4.78, 5) is 0. The Balaban J connectivity index is 0.000000321. The summed E-state index contributed by atoms with van der Waals surface area (Å²) in [5.74, 6) is 0.356. The van der Waals surface area contributed by atoms with Crippen molar-refractivity contribution in [3.8, 4) is 5.75 Å². The summed E-state index contributed by atoms with van der Waals surface area (Å²) < 4.78 is 0. The number of phenols is 1. The fraction of sp³-hybridized carbons (Fsp3) is 0.250. The Morgan fingerprint density at radius 3 is 1.94 bits per heavy atom. The van der Waals surface area contributed by atoms with Gasteiger partial charge in [0.15, 0.2) is 0 Å².